The molecule has 1 aliphatic rings. The van der Waals surface area contributed by atoms with E-state index in [0.29, 0.717) is 25.1 Å². The van der Waals surface area contributed by atoms with Crippen molar-refractivity contribution in [1.82, 2.24) is 5.32 Å². The van der Waals surface area contributed by atoms with Crippen LogP contribution in [0.15, 0.2) is 18.2 Å². The van der Waals surface area contributed by atoms with E-state index in [2.05, 4.69) is 16.0 Å². The number of amides is 2. The highest BCUT2D eigenvalue weighted by atomic mass is 35.5. The number of nitrogens with one attached hydrogen (secondary N) is 3. The van der Waals surface area contributed by atoms with Crippen molar-refractivity contribution < 1.29 is 18.7 Å². The maximum absolute atomic E-state index is 13.7. The zero-order valence-electron chi connectivity index (χ0n) is 13.8. The van der Waals surface area contributed by atoms with Gasteiger partial charge in [-0.2, -0.15) is 0 Å². The van der Waals surface area contributed by atoms with Gasteiger partial charge in [-0.15, -0.1) is 12.4 Å². The molecule has 134 valence electrons. The van der Waals surface area contributed by atoms with E-state index in [1.165, 1.54) is 25.1 Å². The molecule has 0 saturated carbocycles. The first kappa shape index (κ1) is 20.3. The molecule has 1 aromatic carbocycles. The molecule has 1 fully saturated rings. The molecular formula is C16H23ClFN3O3. The molecule has 1 heterocycles. The summed E-state index contributed by atoms with van der Waals surface area (Å²) in [5, 5.41) is 8.44. The van der Waals surface area contributed by atoms with Gasteiger partial charge in [-0.3, -0.25) is 9.59 Å². The predicted octanol–water partition coefficient (Wildman–Crippen LogP) is 2.16. The van der Waals surface area contributed by atoms with E-state index in [1.807, 2.05) is 0 Å². The Labute approximate surface area is 146 Å². The number of hydrogen-bond acceptors (Lipinski definition) is 4. The van der Waals surface area contributed by atoms with E-state index in [1.54, 1.807) is 7.11 Å². The summed E-state index contributed by atoms with van der Waals surface area (Å²) in [6, 6.07) is 4.10. The largest absolute Gasteiger partial charge is 0.384 e. The molecule has 8 heteroatoms. The van der Waals surface area contributed by atoms with Crippen LogP contribution in [0.4, 0.5) is 15.8 Å². The van der Waals surface area contributed by atoms with E-state index in [9.17, 15) is 14.0 Å². The lowest BCUT2D eigenvalue weighted by molar-refractivity contribution is -0.130. The molecule has 2 amide bonds. The normalized spacial score (nSPS) is 16.0. The lowest BCUT2D eigenvalue weighted by atomic mass is 9.78. The number of methoxy groups -OCH3 is 1. The molecule has 0 bridgehead atoms. The maximum Gasteiger partial charge on any atom is 0.233 e. The molecule has 0 atom stereocenters. The molecule has 1 aliphatic heterocycles. The van der Waals surface area contributed by atoms with Gasteiger partial charge >= 0.3 is 0 Å². The van der Waals surface area contributed by atoms with Gasteiger partial charge in [0.1, 0.15) is 5.82 Å². The average molecular weight is 360 g/mol. The van der Waals surface area contributed by atoms with Gasteiger partial charge in [0.25, 0.3) is 0 Å². The highest BCUT2D eigenvalue weighted by Gasteiger charge is 2.39. The number of rotatable bonds is 5. The highest BCUT2D eigenvalue weighted by Crippen LogP contribution is 2.31. The standard InChI is InChI=1S/C16H22FN3O3.ClH/c1-11(21)19-14-9-12(3-4-13(14)17)20-15(22)16(10-23-2)5-7-18-8-6-16;/h3-4,9,18H,5-8,10H2,1-2H3,(H,19,21)(H,20,22);1H. The van der Waals surface area contributed by atoms with Gasteiger partial charge in [0.2, 0.25) is 11.8 Å². The van der Waals surface area contributed by atoms with E-state index >= 15 is 0 Å². The Balaban J connectivity index is 0.00000288. The van der Waals surface area contributed by atoms with Crippen molar-refractivity contribution in [2.45, 2.75) is 19.8 Å². The van der Waals surface area contributed by atoms with Crippen LogP contribution in [0.2, 0.25) is 0 Å². The molecule has 0 aromatic heterocycles. The van der Waals surface area contributed by atoms with E-state index in [0.717, 1.165) is 13.1 Å². The van der Waals surface area contributed by atoms with Crippen molar-refractivity contribution in [1.29, 1.82) is 0 Å². The molecule has 0 aliphatic carbocycles. The Kier molecular flexibility index (Phi) is 7.59. The van der Waals surface area contributed by atoms with Crippen LogP contribution in [0.5, 0.6) is 0 Å². The summed E-state index contributed by atoms with van der Waals surface area (Å²) in [6.07, 6.45) is 1.35. The number of carbonyl (C=O) groups excluding carboxylic acids is 2. The van der Waals surface area contributed by atoms with E-state index < -0.39 is 11.2 Å². The highest BCUT2D eigenvalue weighted by molar-refractivity contribution is 5.96. The van der Waals surface area contributed by atoms with Gasteiger partial charge in [0, 0.05) is 19.7 Å². The van der Waals surface area contributed by atoms with Gasteiger partial charge in [-0.05, 0) is 44.1 Å². The minimum Gasteiger partial charge on any atom is -0.384 e. The third-order valence-corrected chi connectivity index (χ3v) is 4.00. The monoisotopic (exact) mass is 359 g/mol. The third kappa shape index (κ3) is 4.90. The topological polar surface area (TPSA) is 79.5 Å². The lowest BCUT2D eigenvalue weighted by Gasteiger charge is -2.35. The number of hydrogen-bond donors (Lipinski definition) is 3. The first-order valence-electron chi connectivity index (χ1n) is 7.55. The van der Waals surface area contributed by atoms with E-state index in [-0.39, 0.29) is 29.9 Å². The van der Waals surface area contributed by atoms with Crippen molar-refractivity contribution in [2.75, 3.05) is 37.4 Å². The maximum atomic E-state index is 13.7. The quantitative estimate of drug-likeness (QED) is 0.752. The van der Waals surface area contributed by atoms with Crippen LogP contribution in [0.25, 0.3) is 0 Å². The zero-order valence-corrected chi connectivity index (χ0v) is 14.6. The summed E-state index contributed by atoms with van der Waals surface area (Å²) in [6.45, 7) is 3.13. The second kappa shape index (κ2) is 8.96. The average Bonchev–Trinajstić information content (AvgIpc) is 2.51. The summed E-state index contributed by atoms with van der Waals surface area (Å²) in [4.78, 5) is 23.8. The molecule has 0 radical (unpaired) electrons. The van der Waals surface area contributed by atoms with Crippen LogP contribution >= 0.6 is 12.4 Å². The molecule has 3 N–H and O–H groups in total. The van der Waals surface area contributed by atoms with Gasteiger partial charge in [-0.1, -0.05) is 0 Å². The fourth-order valence-corrected chi connectivity index (χ4v) is 2.77. The number of anilines is 2. The van der Waals surface area contributed by atoms with Gasteiger partial charge < -0.3 is 20.7 Å². The van der Waals surface area contributed by atoms with Crippen LogP contribution in [-0.2, 0) is 14.3 Å². The van der Waals surface area contributed by atoms with Crippen LogP contribution in [-0.4, -0.2) is 38.6 Å². The molecule has 0 unspecified atom stereocenters. The molecule has 24 heavy (non-hydrogen) atoms. The number of ether oxygens (including phenoxy) is 1. The summed E-state index contributed by atoms with van der Waals surface area (Å²) in [5.41, 5.74) is -0.113. The first-order valence-corrected chi connectivity index (χ1v) is 7.55. The van der Waals surface area contributed by atoms with E-state index in [4.69, 9.17) is 4.74 Å². The Bertz CT molecular complexity index is 586. The van der Waals surface area contributed by atoms with Crippen molar-refractivity contribution in [3.8, 4) is 0 Å². The van der Waals surface area contributed by atoms with Crippen LogP contribution in [0.3, 0.4) is 0 Å². The second-order valence-electron chi connectivity index (χ2n) is 5.79. The fourth-order valence-electron chi connectivity index (χ4n) is 2.77. The van der Waals surface area contributed by atoms with Crippen LogP contribution in [0, 0.1) is 11.2 Å². The number of benzene rings is 1. The number of carbonyl (C=O) groups is 2. The van der Waals surface area contributed by atoms with Crippen LogP contribution < -0.4 is 16.0 Å². The summed E-state index contributed by atoms with van der Waals surface area (Å²) >= 11 is 0. The van der Waals surface area contributed by atoms with Crippen LogP contribution in [0.1, 0.15) is 19.8 Å². The van der Waals surface area contributed by atoms with Crippen molar-refractivity contribution in [3.63, 3.8) is 0 Å². The number of halogens is 2. The van der Waals surface area contributed by atoms with Gasteiger partial charge in [0.05, 0.1) is 17.7 Å². The van der Waals surface area contributed by atoms with Crippen molar-refractivity contribution in [3.05, 3.63) is 24.0 Å². The Morgan fingerprint density at radius 1 is 1.29 bits per heavy atom. The van der Waals surface area contributed by atoms with Crippen molar-refractivity contribution in [2.24, 2.45) is 5.41 Å². The smallest absolute Gasteiger partial charge is 0.233 e. The Hall–Kier alpha value is -1.70. The summed E-state index contributed by atoms with van der Waals surface area (Å²) in [5.74, 6) is -1.07. The Morgan fingerprint density at radius 2 is 1.96 bits per heavy atom. The van der Waals surface area contributed by atoms with Gasteiger partial charge in [-0.25, -0.2) is 4.39 Å². The van der Waals surface area contributed by atoms with Gasteiger partial charge in [0.15, 0.2) is 0 Å². The Morgan fingerprint density at radius 3 is 2.54 bits per heavy atom. The SMILES string of the molecule is COCC1(C(=O)Nc2ccc(F)c(NC(C)=O)c2)CCNCC1.Cl. The zero-order chi connectivity index (χ0) is 16.9. The lowest BCUT2D eigenvalue weighted by Crippen LogP contribution is -2.47. The fraction of sp³-hybridized carbons (Fsp3) is 0.500. The second-order valence-corrected chi connectivity index (χ2v) is 5.79. The predicted molar refractivity (Wildman–Crippen MR) is 93.0 cm³/mol. The first-order chi connectivity index (χ1) is 11.0. The molecule has 0 spiro atoms. The number of piperidine rings is 1. The minimum atomic E-state index is -0.595. The third-order valence-electron chi connectivity index (χ3n) is 4.00. The molecule has 6 nitrogen and oxygen atoms in total. The minimum absolute atomic E-state index is 0. The molecule has 1 aromatic rings. The molecule has 1 saturated heterocycles. The molecular weight excluding hydrogens is 337 g/mol. The van der Waals surface area contributed by atoms with Crippen molar-refractivity contribution >= 4 is 35.6 Å². The summed E-state index contributed by atoms with van der Waals surface area (Å²) in [7, 11) is 1.57. The molecule has 2 rings (SSSR count). The summed E-state index contributed by atoms with van der Waals surface area (Å²) < 4.78 is 18.9.